The van der Waals surface area contributed by atoms with Crippen LogP contribution in [0, 0.1) is 10.6 Å². The number of fused-ring (bicyclic) bond motifs is 1. The highest BCUT2D eigenvalue weighted by atomic mass is 16.6. The molecule has 28 heavy (non-hydrogen) atoms. The highest BCUT2D eigenvalue weighted by molar-refractivity contribution is 6.02. The number of nitrogens with zero attached hydrogens (tertiary/aromatic N) is 1. The molecule has 2 heterocycles. The maximum absolute atomic E-state index is 13.5. The molecule has 8 nitrogen and oxygen atoms in total. The maximum Gasteiger partial charge on any atom is 0.347 e. The van der Waals surface area contributed by atoms with Crippen molar-refractivity contribution < 1.29 is 19.0 Å². The van der Waals surface area contributed by atoms with Crippen LogP contribution in [0.1, 0.15) is 48.0 Å². The van der Waals surface area contributed by atoms with Gasteiger partial charge >= 0.3 is 5.91 Å². The van der Waals surface area contributed by atoms with E-state index >= 15 is 0 Å². The number of amides is 3. The van der Waals surface area contributed by atoms with E-state index in [4.69, 9.17) is 0 Å². The van der Waals surface area contributed by atoms with Gasteiger partial charge in [0.1, 0.15) is 6.54 Å². The summed E-state index contributed by atoms with van der Waals surface area (Å²) < 4.78 is -1.24. The summed E-state index contributed by atoms with van der Waals surface area (Å²) in [4.78, 5) is 36.6. The summed E-state index contributed by atoms with van der Waals surface area (Å²) in [5.74, 6) is -1.64. The number of anilines is 1. The van der Waals surface area contributed by atoms with Crippen molar-refractivity contribution in [2.45, 2.75) is 44.7 Å². The maximum atomic E-state index is 13.5. The van der Waals surface area contributed by atoms with E-state index in [1.807, 2.05) is 13.1 Å². The zero-order valence-electron chi connectivity index (χ0n) is 16.0. The number of rotatable bonds is 6. The number of hydrogen-bond acceptors (Lipinski definition) is 6. The fourth-order valence-corrected chi connectivity index (χ4v) is 4.72. The number of carbonyl (C=O) groups excluding carboxylic acids is 3. The van der Waals surface area contributed by atoms with Gasteiger partial charge in [-0.2, -0.15) is 0 Å². The summed E-state index contributed by atoms with van der Waals surface area (Å²) in [6.07, 6.45) is 3.69. The van der Waals surface area contributed by atoms with E-state index in [1.165, 1.54) is 6.42 Å². The molecule has 1 aliphatic carbocycles. The number of carbonyl (C=O) groups is 3. The van der Waals surface area contributed by atoms with Gasteiger partial charge in [-0.25, -0.2) is 4.79 Å². The quantitative estimate of drug-likeness (QED) is 0.386. The number of hydrogen-bond donors (Lipinski definition) is 3. The molecule has 2 unspecified atom stereocenters. The van der Waals surface area contributed by atoms with Crippen LogP contribution in [0.15, 0.2) is 18.2 Å². The Morgan fingerprint density at radius 1 is 1.25 bits per heavy atom. The Morgan fingerprint density at radius 3 is 2.68 bits per heavy atom. The molecule has 1 aromatic rings. The Bertz CT molecular complexity index is 835. The molecular formula is C20H26N4O4. The van der Waals surface area contributed by atoms with E-state index in [9.17, 15) is 19.6 Å². The van der Waals surface area contributed by atoms with E-state index in [0.717, 1.165) is 31.6 Å². The van der Waals surface area contributed by atoms with Crippen molar-refractivity contribution in [3.63, 3.8) is 0 Å². The molecule has 2 fully saturated rings. The predicted molar refractivity (Wildman–Crippen MR) is 103 cm³/mol. The van der Waals surface area contributed by atoms with Crippen LogP contribution in [0.2, 0.25) is 0 Å². The van der Waals surface area contributed by atoms with Gasteiger partial charge in [0.05, 0.1) is 5.56 Å². The number of imide groups is 1. The van der Waals surface area contributed by atoms with Crippen molar-refractivity contribution in [3.8, 4) is 0 Å². The summed E-state index contributed by atoms with van der Waals surface area (Å²) >= 11 is 0. The van der Waals surface area contributed by atoms with Crippen LogP contribution in [0.3, 0.4) is 0 Å². The van der Waals surface area contributed by atoms with E-state index in [-0.39, 0.29) is 24.8 Å². The topological polar surface area (TPSA) is 110 Å². The van der Waals surface area contributed by atoms with Gasteiger partial charge in [0.15, 0.2) is 6.04 Å². The molecule has 0 radical (unpaired) electrons. The predicted octanol–water partition coefficient (Wildman–Crippen LogP) is 1.26. The fraction of sp³-hybridized carbons (Fsp3) is 0.550. The molecule has 1 saturated heterocycles. The lowest BCUT2D eigenvalue weighted by atomic mass is 9.68. The van der Waals surface area contributed by atoms with Gasteiger partial charge < -0.3 is 15.8 Å². The molecule has 8 heteroatoms. The first-order valence-corrected chi connectivity index (χ1v) is 9.86. The van der Waals surface area contributed by atoms with Crippen LogP contribution in [0.5, 0.6) is 0 Å². The Hall–Kier alpha value is -2.29. The largest absolute Gasteiger partial charge is 0.624 e. The summed E-state index contributed by atoms with van der Waals surface area (Å²) in [6.45, 7) is 1.62. The van der Waals surface area contributed by atoms with E-state index in [0.29, 0.717) is 11.1 Å². The number of piperidine rings is 1. The van der Waals surface area contributed by atoms with Crippen LogP contribution in [0.4, 0.5) is 5.69 Å². The Balaban J connectivity index is 1.56. The normalized spacial score (nSPS) is 28.5. The van der Waals surface area contributed by atoms with Gasteiger partial charge in [-0.05, 0) is 32.0 Å². The highest BCUT2D eigenvalue weighted by Gasteiger charge is 2.50. The molecule has 4 rings (SSSR count). The average Bonchev–Trinajstić information content (AvgIpc) is 2.89. The Kier molecular flexibility index (Phi) is 4.73. The van der Waals surface area contributed by atoms with Crippen LogP contribution in [-0.4, -0.2) is 48.5 Å². The first-order valence-electron chi connectivity index (χ1n) is 9.86. The molecule has 3 aliphatic rings. The van der Waals surface area contributed by atoms with Crippen molar-refractivity contribution >= 4 is 23.4 Å². The summed E-state index contributed by atoms with van der Waals surface area (Å²) in [6, 6.07) is 4.23. The average molecular weight is 386 g/mol. The minimum absolute atomic E-state index is 0.0807. The van der Waals surface area contributed by atoms with E-state index < -0.39 is 28.4 Å². The minimum Gasteiger partial charge on any atom is -0.624 e. The molecule has 3 amide bonds. The third-order valence-electron chi connectivity index (χ3n) is 6.48. The van der Waals surface area contributed by atoms with Gasteiger partial charge in [-0.1, -0.05) is 12.5 Å². The van der Waals surface area contributed by atoms with Crippen molar-refractivity contribution in [2.24, 2.45) is 5.41 Å². The first-order chi connectivity index (χ1) is 13.4. The second-order valence-corrected chi connectivity index (χ2v) is 8.29. The van der Waals surface area contributed by atoms with E-state index in [2.05, 4.69) is 16.0 Å². The summed E-state index contributed by atoms with van der Waals surface area (Å²) in [5, 5.41) is 22.4. The Morgan fingerprint density at radius 2 is 2.04 bits per heavy atom. The molecule has 1 saturated carbocycles. The molecule has 2 aliphatic heterocycles. The lowest BCUT2D eigenvalue weighted by molar-refractivity contribution is -0.825. The first kappa shape index (κ1) is 19.0. The number of nitrogens with one attached hydrogen (secondary N) is 3. The van der Waals surface area contributed by atoms with Crippen molar-refractivity contribution in [3.05, 3.63) is 34.5 Å². The standard InChI is InChI=1S/C20H26N4O4/c1-21-11-20(8-3-9-20)12-22-15-5-2-4-13-14(15)10-24(28,19(13)27)16-6-7-17(25)23-18(16)26/h2,4-5,16,21-22H,3,6-12H2,1H3,(H,23,25,26). The van der Waals surface area contributed by atoms with E-state index in [1.54, 1.807) is 12.1 Å². The van der Waals surface area contributed by atoms with Gasteiger partial charge in [0.2, 0.25) is 5.91 Å². The molecule has 2 atom stereocenters. The number of benzene rings is 1. The molecular weight excluding hydrogens is 360 g/mol. The van der Waals surface area contributed by atoms with Crippen molar-refractivity contribution in [2.75, 3.05) is 25.5 Å². The van der Waals surface area contributed by atoms with Crippen LogP contribution < -0.4 is 16.0 Å². The zero-order chi connectivity index (χ0) is 19.9. The summed E-state index contributed by atoms with van der Waals surface area (Å²) in [7, 11) is 1.95. The fourth-order valence-electron chi connectivity index (χ4n) is 4.72. The molecule has 0 spiro atoms. The Labute approximate surface area is 163 Å². The van der Waals surface area contributed by atoms with Crippen LogP contribution in [0.25, 0.3) is 0 Å². The molecule has 1 aromatic carbocycles. The second kappa shape index (κ2) is 6.95. The monoisotopic (exact) mass is 386 g/mol. The molecule has 150 valence electrons. The highest BCUT2D eigenvalue weighted by Crippen LogP contribution is 2.42. The lowest BCUT2D eigenvalue weighted by Crippen LogP contribution is -2.60. The third-order valence-corrected chi connectivity index (χ3v) is 6.48. The summed E-state index contributed by atoms with van der Waals surface area (Å²) in [5.41, 5.74) is 2.04. The zero-order valence-corrected chi connectivity index (χ0v) is 16.0. The van der Waals surface area contributed by atoms with Gasteiger partial charge in [0.25, 0.3) is 5.91 Å². The SMILES string of the molecule is CNCC1(CNc2cccc3c2C[N+]([O-])(C2CCC(=O)NC2=O)C3=O)CCC1. The molecule has 3 N–H and O–H groups in total. The number of hydroxylamine groups is 3. The smallest absolute Gasteiger partial charge is 0.347 e. The minimum atomic E-state index is -1.24. The van der Waals surface area contributed by atoms with Crippen molar-refractivity contribution in [1.82, 2.24) is 10.6 Å². The second-order valence-electron chi connectivity index (χ2n) is 8.29. The van der Waals surface area contributed by atoms with Crippen LogP contribution >= 0.6 is 0 Å². The van der Waals surface area contributed by atoms with Gasteiger partial charge in [-0.15, -0.1) is 0 Å². The third kappa shape index (κ3) is 3.01. The van der Waals surface area contributed by atoms with Crippen molar-refractivity contribution in [1.29, 1.82) is 0 Å². The van der Waals surface area contributed by atoms with Gasteiger partial charge in [-0.3, -0.25) is 19.6 Å². The van der Waals surface area contributed by atoms with Crippen LogP contribution in [-0.2, 0) is 16.1 Å². The lowest BCUT2D eigenvalue weighted by Gasteiger charge is -2.43. The van der Waals surface area contributed by atoms with Gasteiger partial charge in [0, 0.05) is 42.6 Å². The molecule has 0 aromatic heterocycles. The number of quaternary nitrogens is 1. The molecule has 0 bridgehead atoms.